The number of rotatable bonds is 4. The zero-order valence-corrected chi connectivity index (χ0v) is 11.2. The number of hydrogen-bond donors (Lipinski definition) is 0. The Kier molecular flexibility index (Phi) is 3.66. The van der Waals surface area contributed by atoms with E-state index in [4.69, 9.17) is 4.74 Å². The van der Waals surface area contributed by atoms with Crippen molar-refractivity contribution in [3.8, 4) is 5.75 Å². The molecule has 0 spiro atoms. The van der Waals surface area contributed by atoms with Crippen molar-refractivity contribution in [3.05, 3.63) is 42.1 Å². The van der Waals surface area contributed by atoms with E-state index in [0.29, 0.717) is 5.92 Å². The molecule has 1 heterocycles. The van der Waals surface area contributed by atoms with Crippen LogP contribution < -0.4 is 4.74 Å². The lowest BCUT2D eigenvalue weighted by atomic mass is 9.94. The molecule has 0 bridgehead atoms. The van der Waals surface area contributed by atoms with Crippen LogP contribution in [0.5, 0.6) is 5.75 Å². The first kappa shape index (κ1) is 12.6. The van der Waals surface area contributed by atoms with Crippen LogP contribution in [0, 0.1) is 0 Å². The second-order valence-corrected chi connectivity index (χ2v) is 4.52. The maximum absolute atomic E-state index is 5.48. The van der Waals surface area contributed by atoms with Crippen molar-refractivity contribution in [2.24, 2.45) is 0 Å². The Bertz CT molecular complexity index is 575. The molecule has 0 fully saturated rings. The molecule has 0 saturated heterocycles. The fraction of sp³-hybridized carbons (Fsp3) is 0.312. The first-order chi connectivity index (χ1) is 8.71. The number of pyridine rings is 1. The molecule has 1 atom stereocenters. The average Bonchev–Trinajstić information content (AvgIpc) is 2.44. The number of nitrogens with zero attached hydrogens (tertiary/aromatic N) is 1. The van der Waals surface area contributed by atoms with E-state index < -0.39 is 0 Å². The van der Waals surface area contributed by atoms with E-state index in [9.17, 15) is 0 Å². The van der Waals surface area contributed by atoms with Crippen molar-refractivity contribution in [1.29, 1.82) is 0 Å². The Hall–Kier alpha value is -1.83. The van der Waals surface area contributed by atoms with Crippen molar-refractivity contribution < 1.29 is 4.74 Å². The van der Waals surface area contributed by atoms with Gasteiger partial charge in [-0.1, -0.05) is 26.5 Å². The van der Waals surface area contributed by atoms with Gasteiger partial charge in [-0.05, 0) is 35.6 Å². The van der Waals surface area contributed by atoms with Gasteiger partial charge in [0, 0.05) is 17.6 Å². The third-order valence-electron chi connectivity index (χ3n) is 3.49. The van der Waals surface area contributed by atoms with Crippen LogP contribution in [0.2, 0.25) is 0 Å². The predicted octanol–water partition coefficient (Wildman–Crippen LogP) is 4.40. The number of hydrogen-bond acceptors (Lipinski definition) is 2. The summed E-state index contributed by atoms with van der Waals surface area (Å²) < 4.78 is 5.48. The van der Waals surface area contributed by atoms with Crippen LogP contribution in [-0.4, -0.2) is 12.1 Å². The molecule has 0 aliphatic carbocycles. The number of ether oxygens (including phenoxy) is 1. The Morgan fingerprint density at radius 1 is 1.44 bits per heavy atom. The second-order valence-electron chi connectivity index (χ2n) is 4.52. The van der Waals surface area contributed by atoms with E-state index in [1.54, 1.807) is 7.11 Å². The third kappa shape index (κ3) is 2.10. The molecule has 1 aromatic heterocycles. The van der Waals surface area contributed by atoms with Gasteiger partial charge >= 0.3 is 0 Å². The van der Waals surface area contributed by atoms with Crippen molar-refractivity contribution in [2.75, 3.05) is 7.11 Å². The van der Waals surface area contributed by atoms with Gasteiger partial charge in [0.05, 0.1) is 12.6 Å². The SMILES string of the molecule is C=Cc1ccnc2cc(OC)c(C(C)CC)cc12. The summed E-state index contributed by atoms with van der Waals surface area (Å²) in [7, 11) is 1.71. The highest BCUT2D eigenvalue weighted by Crippen LogP contribution is 2.33. The topological polar surface area (TPSA) is 22.1 Å². The minimum Gasteiger partial charge on any atom is -0.496 e. The minimum absolute atomic E-state index is 0.474. The van der Waals surface area contributed by atoms with Crippen molar-refractivity contribution >= 4 is 17.0 Å². The lowest BCUT2D eigenvalue weighted by Crippen LogP contribution is -1.98. The van der Waals surface area contributed by atoms with Gasteiger partial charge in [-0.25, -0.2) is 0 Å². The van der Waals surface area contributed by atoms with Gasteiger partial charge in [-0.15, -0.1) is 0 Å². The van der Waals surface area contributed by atoms with Crippen LogP contribution in [0.3, 0.4) is 0 Å². The fourth-order valence-electron chi connectivity index (χ4n) is 2.17. The molecule has 18 heavy (non-hydrogen) atoms. The molecule has 2 heteroatoms. The lowest BCUT2D eigenvalue weighted by Gasteiger charge is -2.15. The van der Waals surface area contributed by atoms with E-state index in [-0.39, 0.29) is 0 Å². The van der Waals surface area contributed by atoms with Crippen LogP contribution in [0.25, 0.3) is 17.0 Å². The van der Waals surface area contributed by atoms with Gasteiger partial charge in [0.15, 0.2) is 0 Å². The zero-order chi connectivity index (χ0) is 13.1. The van der Waals surface area contributed by atoms with Gasteiger partial charge in [0.1, 0.15) is 5.75 Å². The van der Waals surface area contributed by atoms with Gasteiger partial charge in [0.25, 0.3) is 0 Å². The first-order valence-electron chi connectivity index (χ1n) is 6.30. The molecule has 0 aliphatic rings. The molecule has 1 unspecified atom stereocenters. The van der Waals surface area contributed by atoms with Gasteiger partial charge < -0.3 is 4.74 Å². The molecule has 0 radical (unpaired) electrons. The third-order valence-corrected chi connectivity index (χ3v) is 3.49. The van der Waals surface area contributed by atoms with Gasteiger partial charge in [-0.2, -0.15) is 0 Å². The number of benzene rings is 1. The molecule has 2 aromatic rings. The molecule has 0 saturated carbocycles. The van der Waals surface area contributed by atoms with E-state index in [0.717, 1.165) is 28.6 Å². The quantitative estimate of drug-likeness (QED) is 0.791. The molecular formula is C16H19NO. The molecule has 1 aromatic carbocycles. The molecular weight excluding hydrogens is 222 g/mol. The number of fused-ring (bicyclic) bond motifs is 1. The van der Waals surface area contributed by atoms with Crippen LogP contribution >= 0.6 is 0 Å². The highest BCUT2D eigenvalue weighted by molar-refractivity contribution is 5.89. The Labute approximate surface area is 108 Å². The standard InChI is InChI=1S/C16H19NO/c1-5-11(3)13-9-14-12(6-2)7-8-17-15(14)10-16(13)18-4/h6-11H,2,5H2,1,3-4H3. The van der Waals surface area contributed by atoms with E-state index in [2.05, 4.69) is 31.5 Å². The largest absolute Gasteiger partial charge is 0.496 e. The first-order valence-corrected chi connectivity index (χ1v) is 6.30. The summed E-state index contributed by atoms with van der Waals surface area (Å²) in [6.45, 7) is 8.26. The maximum atomic E-state index is 5.48. The molecule has 2 rings (SSSR count). The monoisotopic (exact) mass is 241 g/mol. The second kappa shape index (κ2) is 5.21. The highest BCUT2D eigenvalue weighted by Gasteiger charge is 2.12. The lowest BCUT2D eigenvalue weighted by molar-refractivity contribution is 0.406. The van der Waals surface area contributed by atoms with E-state index in [1.807, 2.05) is 24.4 Å². The molecule has 94 valence electrons. The van der Waals surface area contributed by atoms with Crippen molar-refractivity contribution in [1.82, 2.24) is 4.98 Å². The van der Waals surface area contributed by atoms with Crippen LogP contribution in [0.4, 0.5) is 0 Å². The Morgan fingerprint density at radius 2 is 2.22 bits per heavy atom. The maximum Gasteiger partial charge on any atom is 0.124 e. The Balaban J connectivity index is 2.73. The molecule has 0 N–H and O–H groups in total. The van der Waals surface area contributed by atoms with Crippen molar-refractivity contribution in [2.45, 2.75) is 26.2 Å². The summed E-state index contributed by atoms with van der Waals surface area (Å²) in [5.41, 5.74) is 3.31. The van der Waals surface area contributed by atoms with Crippen LogP contribution in [0.15, 0.2) is 31.0 Å². The summed E-state index contributed by atoms with van der Waals surface area (Å²) >= 11 is 0. The normalized spacial score (nSPS) is 12.4. The number of aromatic nitrogens is 1. The summed E-state index contributed by atoms with van der Waals surface area (Å²) in [5.74, 6) is 1.40. The van der Waals surface area contributed by atoms with Crippen molar-refractivity contribution in [3.63, 3.8) is 0 Å². The Morgan fingerprint density at radius 3 is 2.83 bits per heavy atom. The van der Waals surface area contributed by atoms with E-state index >= 15 is 0 Å². The highest BCUT2D eigenvalue weighted by atomic mass is 16.5. The summed E-state index contributed by atoms with van der Waals surface area (Å²) in [5, 5.41) is 1.14. The molecule has 0 aliphatic heterocycles. The van der Waals surface area contributed by atoms with Crippen LogP contribution in [0.1, 0.15) is 37.3 Å². The van der Waals surface area contributed by atoms with Gasteiger partial charge in [-0.3, -0.25) is 4.98 Å². The summed E-state index contributed by atoms with van der Waals surface area (Å²) in [6.07, 6.45) is 4.77. The van der Waals surface area contributed by atoms with Gasteiger partial charge in [0.2, 0.25) is 0 Å². The fourth-order valence-corrected chi connectivity index (χ4v) is 2.17. The van der Waals surface area contributed by atoms with Crippen LogP contribution in [-0.2, 0) is 0 Å². The zero-order valence-electron chi connectivity index (χ0n) is 11.2. The summed E-state index contributed by atoms with van der Waals surface area (Å²) in [4.78, 5) is 4.40. The smallest absolute Gasteiger partial charge is 0.124 e. The average molecular weight is 241 g/mol. The molecule has 2 nitrogen and oxygen atoms in total. The minimum atomic E-state index is 0.474. The summed E-state index contributed by atoms with van der Waals surface area (Å²) in [6, 6.07) is 6.19. The molecule has 0 amide bonds. The number of methoxy groups -OCH3 is 1. The predicted molar refractivity (Wildman–Crippen MR) is 77.1 cm³/mol. The van der Waals surface area contributed by atoms with E-state index in [1.165, 1.54) is 5.56 Å².